The fourth-order valence-corrected chi connectivity index (χ4v) is 0.933. The number of aliphatic imine (C=N–C) groups is 1. The molecule has 0 saturated carbocycles. The molecule has 0 unspecified atom stereocenters. The molecule has 0 bridgehead atoms. The van der Waals surface area contributed by atoms with Crippen molar-refractivity contribution in [3.05, 3.63) is 24.3 Å². The van der Waals surface area contributed by atoms with Gasteiger partial charge in [0.15, 0.2) is 6.40 Å². The molecule has 2 N–H and O–H groups in total. The van der Waals surface area contributed by atoms with E-state index in [2.05, 4.69) is 9.73 Å². The van der Waals surface area contributed by atoms with E-state index < -0.39 is 7.12 Å². The monoisotopic (exact) mass is 179 g/mol. The highest BCUT2D eigenvalue weighted by Crippen LogP contribution is 2.06. The maximum atomic E-state index is 8.94. The highest BCUT2D eigenvalue weighted by Gasteiger charge is 2.14. The van der Waals surface area contributed by atoms with E-state index in [0.717, 1.165) is 0 Å². The van der Waals surface area contributed by atoms with Gasteiger partial charge >= 0.3 is 7.12 Å². The van der Waals surface area contributed by atoms with Gasteiger partial charge in [-0.25, -0.2) is 4.99 Å². The van der Waals surface area contributed by atoms with Crippen LogP contribution in [0.3, 0.4) is 0 Å². The maximum Gasteiger partial charge on any atom is 0.490 e. The normalized spacial score (nSPS) is 10.4. The lowest BCUT2D eigenvalue weighted by Gasteiger charge is -2.02. The van der Waals surface area contributed by atoms with Gasteiger partial charge in [-0.15, -0.1) is 0 Å². The van der Waals surface area contributed by atoms with E-state index in [-0.39, 0.29) is 0 Å². The van der Waals surface area contributed by atoms with Gasteiger partial charge in [0.2, 0.25) is 0 Å². The Hall–Kier alpha value is -1.33. The summed E-state index contributed by atoms with van der Waals surface area (Å²) >= 11 is 0. The number of rotatable bonds is 3. The Morgan fingerprint density at radius 2 is 2.08 bits per heavy atom. The van der Waals surface area contributed by atoms with Crippen molar-refractivity contribution in [2.45, 2.75) is 0 Å². The van der Waals surface area contributed by atoms with Gasteiger partial charge in [0, 0.05) is 5.46 Å². The molecule has 0 aliphatic heterocycles. The Morgan fingerprint density at radius 3 is 2.69 bits per heavy atom. The number of nitrogens with zero attached hydrogens (tertiary/aromatic N) is 1. The number of hydrogen-bond donors (Lipinski definition) is 2. The first-order chi connectivity index (χ1) is 6.25. The lowest BCUT2D eigenvalue weighted by Crippen LogP contribution is -2.29. The SMILES string of the molecule is COC=Nc1ccccc1B(O)O. The highest BCUT2D eigenvalue weighted by molar-refractivity contribution is 6.60. The number of methoxy groups -OCH3 is 1. The van der Waals surface area contributed by atoms with Crippen LogP contribution in [0.25, 0.3) is 0 Å². The third-order valence-electron chi connectivity index (χ3n) is 1.51. The van der Waals surface area contributed by atoms with Gasteiger partial charge in [-0.1, -0.05) is 18.2 Å². The molecule has 0 aliphatic rings. The predicted octanol–water partition coefficient (Wildman–Crippen LogP) is -0.327. The Balaban J connectivity index is 2.97. The van der Waals surface area contributed by atoms with E-state index in [1.54, 1.807) is 24.3 Å². The zero-order valence-corrected chi connectivity index (χ0v) is 7.21. The van der Waals surface area contributed by atoms with Crippen molar-refractivity contribution in [1.82, 2.24) is 0 Å². The molecule has 1 aromatic carbocycles. The van der Waals surface area contributed by atoms with Gasteiger partial charge < -0.3 is 14.8 Å². The van der Waals surface area contributed by atoms with Crippen molar-refractivity contribution in [3.63, 3.8) is 0 Å². The molecule has 0 heterocycles. The summed E-state index contributed by atoms with van der Waals surface area (Å²) in [6, 6.07) is 6.73. The number of benzene rings is 1. The van der Waals surface area contributed by atoms with Gasteiger partial charge in [0.25, 0.3) is 0 Å². The van der Waals surface area contributed by atoms with Crippen LogP contribution < -0.4 is 5.46 Å². The minimum Gasteiger partial charge on any atom is -0.486 e. The van der Waals surface area contributed by atoms with Crippen molar-refractivity contribution in [2.24, 2.45) is 4.99 Å². The maximum absolute atomic E-state index is 8.94. The Kier molecular flexibility index (Phi) is 3.48. The first kappa shape index (κ1) is 9.76. The van der Waals surface area contributed by atoms with Crippen molar-refractivity contribution in [1.29, 1.82) is 0 Å². The molecule has 0 fully saturated rings. The lowest BCUT2D eigenvalue weighted by atomic mass is 9.79. The zero-order chi connectivity index (χ0) is 9.68. The Bertz CT molecular complexity index is 301. The standard InChI is InChI=1S/C8H10BNO3/c1-13-6-10-8-5-3-2-4-7(8)9(11)12/h2-6,11-12H,1H3. The Morgan fingerprint density at radius 1 is 1.38 bits per heavy atom. The van der Waals surface area contributed by atoms with E-state index in [9.17, 15) is 0 Å². The summed E-state index contributed by atoms with van der Waals surface area (Å²) in [5.41, 5.74) is 0.843. The molecule has 0 aliphatic carbocycles. The minimum atomic E-state index is -1.51. The van der Waals surface area contributed by atoms with E-state index in [4.69, 9.17) is 10.0 Å². The van der Waals surface area contributed by atoms with E-state index in [1.165, 1.54) is 13.5 Å². The fourth-order valence-electron chi connectivity index (χ4n) is 0.933. The summed E-state index contributed by atoms with van der Waals surface area (Å²) in [5.74, 6) is 0. The van der Waals surface area contributed by atoms with Crippen LogP contribution in [-0.4, -0.2) is 30.7 Å². The average molecular weight is 179 g/mol. The van der Waals surface area contributed by atoms with Crippen molar-refractivity contribution in [3.8, 4) is 0 Å². The zero-order valence-electron chi connectivity index (χ0n) is 7.21. The lowest BCUT2D eigenvalue weighted by molar-refractivity contribution is 0.422. The van der Waals surface area contributed by atoms with E-state index in [0.29, 0.717) is 11.2 Å². The van der Waals surface area contributed by atoms with Crippen LogP contribution in [0.2, 0.25) is 0 Å². The molecule has 0 radical (unpaired) electrons. The van der Waals surface area contributed by atoms with Gasteiger partial charge in [-0.2, -0.15) is 0 Å². The molecule has 68 valence electrons. The van der Waals surface area contributed by atoms with Crippen LogP contribution in [0.1, 0.15) is 0 Å². The quantitative estimate of drug-likeness (QED) is 0.379. The molecule has 0 aromatic heterocycles. The summed E-state index contributed by atoms with van der Waals surface area (Å²) in [6.45, 7) is 0. The van der Waals surface area contributed by atoms with Crippen LogP contribution >= 0.6 is 0 Å². The van der Waals surface area contributed by atoms with Gasteiger partial charge in [-0.3, -0.25) is 0 Å². The molecule has 13 heavy (non-hydrogen) atoms. The summed E-state index contributed by atoms with van der Waals surface area (Å²) in [5, 5.41) is 17.9. The first-order valence-electron chi connectivity index (χ1n) is 3.76. The number of ether oxygens (including phenoxy) is 1. The third kappa shape index (κ3) is 2.57. The van der Waals surface area contributed by atoms with E-state index in [1.807, 2.05) is 0 Å². The van der Waals surface area contributed by atoms with Gasteiger partial charge in [0.05, 0.1) is 12.8 Å². The highest BCUT2D eigenvalue weighted by atomic mass is 16.5. The van der Waals surface area contributed by atoms with Crippen molar-refractivity contribution < 1.29 is 14.8 Å². The fraction of sp³-hybridized carbons (Fsp3) is 0.125. The van der Waals surface area contributed by atoms with Gasteiger partial charge in [-0.05, 0) is 6.07 Å². The molecule has 1 rings (SSSR count). The summed E-state index contributed by atoms with van der Waals surface area (Å²) in [7, 11) is -0.0354. The third-order valence-corrected chi connectivity index (χ3v) is 1.51. The van der Waals surface area contributed by atoms with Crippen LogP contribution in [-0.2, 0) is 4.74 Å². The van der Waals surface area contributed by atoms with E-state index >= 15 is 0 Å². The summed E-state index contributed by atoms with van der Waals surface area (Å²) < 4.78 is 4.63. The van der Waals surface area contributed by atoms with Gasteiger partial charge in [0.1, 0.15) is 0 Å². The van der Waals surface area contributed by atoms with Crippen LogP contribution in [0.4, 0.5) is 5.69 Å². The first-order valence-corrected chi connectivity index (χ1v) is 3.76. The molecule has 0 amide bonds. The second-order valence-corrected chi connectivity index (χ2v) is 2.40. The van der Waals surface area contributed by atoms with Crippen LogP contribution in [0, 0.1) is 0 Å². The second-order valence-electron chi connectivity index (χ2n) is 2.40. The van der Waals surface area contributed by atoms with Crippen molar-refractivity contribution in [2.75, 3.05) is 7.11 Å². The summed E-state index contributed by atoms with van der Waals surface area (Å²) in [4.78, 5) is 3.88. The van der Waals surface area contributed by atoms with Crippen molar-refractivity contribution >= 4 is 24.7 Å². The molecular weight excluding hydrogens is 169 g/mol. The Labute approximate surface area is 76.7 Å². The summed E-state index contributed by atoms with van der Waals surface area (Å²) in [6.07, 6.45) is 1.24. The van der Waals surface area contributed by atoms with Crippen LogP contribution in [0.5, 0.6) is 0 Å². The largest absolute Gasteiger partial charge is 0.490 e. The second kappa shape index (κ2) is 4.64. The molecule has 0 atom stereocenters. The molecular formula is C8H10BNO3. The topological polar surface area (TPSA) is 62.0 Å². The molecule has 1 aromatic rings. The predicted molar refractivity (Wildman–Crippen MR) is 51.4 cm³/mol. The molecule has 4 nitrogen and oxygen atoms in total. The molecule has 0 saturated heterocycles. The average Bonchev–Trinajstić information content (AvgIpc) is 2.15. The number of para-hydroxylation sites is 1. The molecule has 5 heteroatoms. The van der Waals surface area contributed by atoms with Crippen LogP contribution in [0.15, 0.2) is 29.3 Å². The molecule has 0 spiro atoms. The smallest absolute Gasteiger partial charge is 0.486 e. The number of hydrogen-bond acceptors (Lipinski definition) is 4. The minimum absolute atomic E-state index is 0.357.